The number of ketones is 1. The lowest BCUT2D eigenvalue weighted by molar-refractivity contribution is -0.116. The average Bonchev–Trinajstić information content (AvgIpc) is 3.18. The van der Waals surface area contributed by atoms with Gasteiger partial charge in [-0.3, -0.25) is 9.69 Å². The molecule has 1 aromatic carbocycles. The van der Waals surface area contributed by atoms with Gasteiger partial charge in [-0.15, -0.1) is 23.1 Å². The van der Waals surface area contributed by atoms with Gasteiger partial charge in [-0.05, 0) is 54.8 Å². The fourth-order valence-electron chi connectivity index (χ4n) is 4.38. The SMILES string of the molecule is CCSc1sc(CC)cc1C1C(C#N)=C(N)N(c2ccc(Cl)c(Cl)c2)C2=C1C(=O)CCC2. The lowest BCUT2D eigenvalue weighted by Gasteiger charge is -2.39. The average molecular weight is 505 g/mol. The number of aryl methyl sites for hydroxylation is 1. The summed E-state index contributed by atoms with van der Waals surface area (Å²) in [6.07, 6.45) is 2.84. The van der Waals surface area contributed by atoms with Crippen LogP contribution in [-0.2, 0) is 11.2 Å². The Kier molecular flexibility index (Phi) is 6.92. The number of rotatable bonds is 5. The molecule has 8 heteroatoms. The Morgan fingerprint density at radius 3 is 2.69 bits per heavy atom. The van der Waals surface area contributed by atoms with E-state index in [9.17, 15) is 10.1 Å². The molecule has 2 N–H and O–H groups in total. The number of allylic oxidation sites excluding steroid dienone is 3. The summed E-state index contributed by atoms with van der Waals surface area (Å²) in [5, 5.41) is 11.1. The molecule has 2 aliphatic rings. The maximum absolute atomic E-state index is 13.3. The standard InChI is InChI=1S/C24H23Cl2N3OS2/c1-3-14-11-15(24(32-14)31-4-2)21-16(12-27)23(28)29(13-8-9-17(25)18(26)10-13)19-6-5-7-20(30)22(19)21/h8-11,21H,3-7,28H2,1-2H3. The van der Waals surface area contributed by atoms with Crippen molar-refractivity contribution in [2.75, 3.05) is 10.7 Å². The third-order valence-corrected chi connectivity index (χ3v) is 9.00. The number of halogens is 2. The van der Waals surface area contributed by atoms with E-state index in [2.05, 4.69) is 26.0 Å². The number of thioether (sulfide) groups is 1. The second-order valence-corrected chi connectivity index (χ2v) is 11.1. The third-order valence-electron chi connectivity index (χ3n) is 5.79. The molecule has 4 rings (SSSR count). The molecule has 0 saturated heterocycles. The van der Waals surface area contributed by atoms with E-state index in [1.54, 1.807) is 35.2 Å². The Hall–Kier alpha value is -1.91. The highest BCUT2D eigenvalue weighted by atomic mass is 35.5. The molecule has 0 fully saturated rings. The van der Waals surface area contributed by atoms with E-state index in [0.29, 0.717) is 45.5 Å². The number of carbonyl (C=O) groups is 1. The van der Waals surface area contributed by atoms with E-state index < -0.39 is 5.92 Å². The fourth-order valence-corrected chi connectivity index (χ4v) is 7.05. The number of thiophene rings is 1. The molecule has 0 saturated carbocycles. The van der Waals surface area contributed by atoms with Crippen molar-refractivity contribution in [2.24, 2.45) is 5.73 Å². The number of nitrogens with zero attached hydrogens (tertiary/aromatic N) is 2. The molecule has 0 bridgehead atoms. The summed E-state index contributed by atoms with van der Waals surface area (Å²) in [4.78, 5) is 16.4. The molecule has 0 spiro atoms. The van der Waals surface area contributed by atoms with E-state index in [1.165, 1.54) is 4.88 Å². The molecule has 1 aliphatic heterocycles. The molecule has 2 aromatic rings. The minimum atomic E-state index is -0.438. The quantitative estimate of drug-likeness (QED) is 0.443. The lowest BCUT2D eigenvalue weighted by atomic mass is 9.76. The van der Waals surface area contributed by atoms with Gasteiger partial charge >= 0.3 is 0 Å². The summed E-state index contributed by atoms with van der Waals surface area (Å²) in [6, 6.07) is 9.75. The van der Waals surface area contributed by atoms with Gasteiger partial charge < -0.3 is 5.73 Å². The van der Waals surface area contributed by atoms with Crippen molar-refractivity contribution in [3.05, 3.63) is 67.4 Å². The van der Waals surface area contributed by atoms with Crippen molar-refractivity contribution in [2.45, 2.75) is 49.7 Å². The van der Waals surface area contributed by atoms with Crippen molar-refractivity contribution in [3.8, 4) is 6.07 Å². The Bertz CT molecular complexity index is 1190. The second kappa shape index (κ2) is 9.52. The Morgan fingerprint density at radius 2 is 2.03 bits per heavy atom. The van der Waals surface area contributed by atoms with E-state index in [1.807, 2.05) is 11.0 Å². The summed E-state index contributed by atoms with van der Waals surface area (Å²) in [6.45, 7) is 4.23. The second-order valence-electron chi connectivity index (χ2n) is 7.66. The first-order valence-corrected chi connectivity index (χ1v) is 13.1. The normalized spacial score (nSPS) is 18.8. The smallest absolute Gasteiger partial charge is 0.161 e. The topological polar surface area (TPSA) is 70.1 Å². The Balaban J connectivity index is 1.97. The van der Waals surface area contributed by atoms with Crippen molar-refractivity contribution < 1.29 is 4.79 Å². The molecule has 4 nitrogen and oxygen atoms in total. The first-order chi connectivity index (χ1) is 15.4. The Morgan fingerprint density at radius 1 is 1.25 bits per heavy atom. The van der Waals surface area contributed by atoms with Gasteiger partial charge in [0.05, 0.1) is 31.8 Å². The predicted molar refractivity (Wildman–Crippen MR) is 134 cm³/mol. The number of carbonyl (C=O) groups excluding carboxylic acids is 1. The van der Waals surface area contributed by atoms with Gasteiger partial charge in [-0.25, -0.2) is 0 Å². The molecule has 1 unspecified atom stereocenters. The summed E-state index contributed by atoms with van der Waals surface area (Å²) in [7, 11) is 0. The first-order valence-electron chi connectivity index (χ1n) is 10.6. The highest BCUT2D eigenvalue weighted by molar-refractivity contribution is 8.01. The summed E-state index contributed by atoms with van der Waals surface area (Å²) in [5.41, 5.74) is 10.3. The number of Topliss-reactive ketones (excluding diaryl/α,β-unsaturated/α-hetero) is 1. The van der Waals surface area contributed by atoms with Crippen LogP contribution in [0.5, 0.6) is 0 Å². The number of nitriles is 1. The van der Waals surface area contributed by atoms with Gasteiger partial charge in [0.25, 0.3) is 0 Å². The van der Waals surface area contributed by atoms with Gasteiger partial charge in [0.2, 0.25) is 0 Å². The maximum atomic E-state index is 13.3. The number of benzene rings is 1. The molecule has 0 radical (unpaired) electrons. The van der Waals surface area contributed by atoms with Crippen LogP contribution in [0, 0.1) is 11.3 Å². The number of anilines is 1. The van der Waals surface area contributed by atoms with Gasteiger partial charge in [-0.1, -0.05) is 37.0 Å². The molecular formula is C24H23Cl2N3OS2. The highest BCUT2D eigenvalue weighted by Gasteiger charge is 2.41. The molecule has 2 heterocycles. The number of nitrogens with two attached hydrogens (primary N) is 1. The van der Waals surface area contributed by atoms with Crippen LogP contribution in [0.3, 0.4) is 0 Å². The molecule has 1 aliphatic carbocycles. The van der Waals surface area contributed by atoms with Crippen LogP contribution in [-0.4, -0.2) is 11.5 Å². The van der Waals surface area contributed by atoms with E-state index in [0.717, 1.165) is 34.1 Å². The Labute approximate surface area is 206 Å². The first kappa shape index (κ1) is 23.3. The zero-order chi connectivity index (χ0) is 23.0. The van der Waals surface area contributed by atoms with Crippen LogP contribution in [0.2, 0.25) is 10.0 Å². The van der Waals surface area contributed by atoms with Crippen molar-refractivity contribution >= 4 is 57.8 Å². The number of hydrogen-bond acceptors (Lipinski definition) is 6. The van der Waals surface area contributed by atoms with Gasteiger partial charge in [-0.2, -0.15) is 5.26 Å². The lowest BCUT2D eigenvalue weighted by Crippen LogP contribution is -2.38. The molecule has 1 atom stereocenters. The van der Waals surface area contributed by atoms with Crippen molar-refractivity contribution in [3.63, 3.8) is 0 Å². The molecule has 0 amide bonds. The molecule has 1 aromatic heterocycles. The minimum Gasteiger partial charge on any atom is -0.384 e. The molecular weight excluding hydrogens is 481 g/mol. The van der Waals surface area contributed by atoms with Crippen molar-refractivity contribution in [1.29, 1.82) is 5.26 Å². The van der Waals surface area contributed by atoms with Crippen LogP contribution in [0.1, 0.15) is 49.5 Å². The largest absolute Gasteiger partial charge is 0.384 e. The van der Waals surface area contributed by atoms with Crippen LogP contribution in [0.4, 0.5) is 5.69 Å². The summed E-state index contributed by atoms with van der Waals surface area (Å²) >= 11 is 15.9. The van der Waals surface area contributed by atoms with E-state index in [4.69, 9.17) is 28.9 Å². The van der Waals surface area contributed by atoms with Crippen LogP contribution in [0.15, 0.2) is 51.1 Å². The maximum Gasteiger partial charge on any atom is 0.161 e. The van der Waals surface area contributed by atoms with Crippen LogP contribution < -0.4 is 10.6 Å². The summed E-state index contributed by atoms with van der Waals surface area (Å²) in [5.74, 6) is 0.909. The van der Waals surface area contributed by atoms with Crippen LogP contribution in [0.25, 0.3) is 0 Å². The molecule has 32 heavy (non-hydrogen) atoms. The fraction of sp³-hybridized carbons (Fsp3) is 0.333. The minimum absolute atomic E-state index is 0.0817. The summed E-state index contributed by atoms with van der Waals surface area (Å²) < 4.78 is 1.16. The van der Waals surface area contributed by atoms with E-state index in [-0.39, 0.29) is 5.78 Å². The van der Waals surface area contributed by atoms with Crippen molar-refractivity contribution in [1.82, 2.24) is 0 Å². The monoisotopic (exact) mass is 503 g/mol. The third kappa shape index (κ3) is 3.97. The van der Waals surface area contributed by atoms with Gasteiger partial charge in [0.15, 0.2) is 5.78 Å². The highest BCUT2D eigenvalue weighted by Crippen LogP contribution is 2.50. The molecule has 166 valence electrons. The predicted octanol–water partition coefficient (Wildman–Crippen LogP) is 7.03. The van der Waals surface area contributed by atoms with E-state index >= 15 is 0 Å². The van der Waals surface area contributed by atoms with Crippen LogP contribution >= 0.6 is 46.3 Å². The zero-order valence-electron chi connectivity index (χ0n) is 17.9. The number of hydrogen-bond donors (Lipinski definition) is 1. The van der Waals surface area contributed by atoms with Gasteiger partial charge in [0, 0.05) is 28.3 Å². The van der Waals surface area contributed by atoms with Gasteiger partial charge in [0.1, 0.15) is 5.82 Å². The zero-order valence-corrected chi connectivity index (χ0v) is 21.0.